The normalized spacial score (nSPS) is 36.5. The zero-order valence-electron chi connectivity index (χ0n) is 13.9. The Hall–Kier alpha value is -0.831. The van der Waals surface area contributed by atoms with Gasteiger partial charge in [-0.25, -0.2) is 0 Å². The Morgan fingerprint density at radius 1 is 1.30 bits per heavy atom. The van der Waals surface area contributed by atoms with Crippen molar-refractivity contribution < 1.29 is 14.6 Å². The molecule has 23 heavy (non-hydrogen) atoms. The fourth-order valence-corrected chi connectivity index (χ4v) is 7.38. The molecule has 4 heteroatoms. The number of esters is 1. The molecule has 1 aromatic rings. The quantitative estimate of drug-likeness (QED) is 0.644. The maximum absolute atomic E-state index is 12.2. The van der Waals surface area contributed by atoms with Gasteiger partial charge in [-0.15, -0.1) is 0 Å². The molecule has 2 saturated carbocycles. The molecule has 3 nitrogen and oxygen atoms in total. The molecule has 0 saturated heterocycles. The molecule has 0 aliphatic heterocycles. The van der Waals surface area contributed by atoms with Gasteiger partial charge in [-0.3, -0.25) is 0 Å². The van der Waals surface area contributed by atoms with Crippen molar-refractivity contribution in [3.05, 3.63) is 30.3 Å². The third-order valence-electron chi connectivity index (χ3n) is 6.10. The molecule has 0 unspecified atom stereocenters. The number of aliphatic hydroxyl groups is 1. The molecular weight excluding hydrogens is 355 g/mol. The third-order valence-corrected chi connectivity index (χ3v) is 8.56. The maximum atomic E-state index is 12.2. The van der Waals surface area contributed by atoms with Gasteiger partial charge in [-0.05, 0) is 0 Å². The van der Waals surface area contributed by atoms with Gasteiger partial charge >= 0.3 is 145 Å². The standard InChI is InChI=1S/C19H26O3Se/c1-19-11-10-16(20)17(18(21)22-2)15(19)9-8-13(19)12-23-14-6-4-3-5-7-14/h3-7,13,15-17,20H,8-12H2,1-2H3/t13-,15+,16-,17+,19+/m1/s1. The molecule has 2 aliphatic rings. The molecule has 3 rings (SSSR count). The zero-order valence-corrected chi connectivity index (χ0v) is 15.6. The predicted octanol–water partition coefficient (Wildman–Crippen LogP) is 2.41. The number of methoxy groups -OCH3 is 1. The summed E-state index contributed by atoms with van der Waals surface area (Å²) in [7, 11) is 1.44. The van der Waals surface area contributed by atoms with Crippen LogP contribution in [-0.4, -0.2) is 39.2 Å². The Morgan fingerprint density at radius 3 is 2.74 bits per heavy atom. The van der Waals surface area contributed by atoms with Gasteiger partial charge in [0.15, 0.2) is 0 Å². The zero-order chi connectivity index (χ0) is 16.4. The van der Waals surface area contributed by atoms with E-state index in [4.69, 9.17) is 4.74 Å². The molecular formula is C19H26O3Se. The second kappa shape index (κ2) is 6.96. The van der Waals surface area contributed by atoms with Gasteiger partial charge < -0.3 is 0 Å². The fraction of sp³-hybridized carbons (Fsp3) is 0.632. The van der Waals surface area contributed by atoms with Gasteiger partial charge in [0, 0.05) is 0 Å². The summed E-state index contributed by atoms with van der Waals surface area (Å²) in [6.45, 7) is 2.35. The molecule has 0 spiro atoms. The molecule has 0 aromatic heterocycles. The molecule has 0 heterocycles. The number of carbonyl (C=O) groups excluding carboxylic acids is 1. The van der Waals surface area contributed by atoms with E-state index in [1.165, 1.54) is 23.3 Å². The summed E-state index contributed by atoms with van der Waals surface area (Å²) in [5.74, 6) is 0.387. The van der Waals surface area contributed by atoms with Crippen molar-refractivity contribution in [2.75, 3.05) is 7.11 Å². The Balaban J connectivity index is 1.72. The number of rotatable bonds is 4. The molecule has 126 valence electrons. The van der Waals surface area contributed by atoms with Crippen LogP contribution >= 0.6 is 0 Å². The number of benzene rings is 1. The van der Waals surface area contributed by atoms with Gasteiger partial charge in [-0.1, -0.05) is 0 Å². The summed E-state index contributed by atoms with van der Waals surface area (Å²) >= 11 is 0.487. The molecule has 0 bridgehead atoms. The fourth-order valence-electron chi connectivity index (χ4n) is 4.67. The first kappa shape index (κ1) is 17.0. The number of ether oxygens (including phenoxy) is 1. The van der Waals surface area contributed by atoms with Crippen LogP contribution in [-0.2, 0) is 9.53 Å². The van der Waals surface area contributed by atoms with E-state index in [1.807, 2.05) is 0 Å². The van der Waals surface area contributed by atoms with Crippen LogP contribution < -0.4 is 4.46 Å². The first-order chi connectivity index (χ1) is 11.1. The summed E-state index contributed by atoms with van der Waals surface area (Å²) in [6.07, 6.45) is 3.45. The van der Waals surface area contributed by atoms with E-state index < -0.39 is 6.10 Å². The average Bonchev–Trinajstić information content (AvgIpc) is 2.90. The van der Waals surface area contributed by atoms with Crippen LogP contribution in [0.4, 0.5) is 0 Å². The number of carbonyl (C=O) groups is 1. The summed E-state index contributed by atoms with van der Waals surface area (Å²) in [5, 5.41) is 11.6. The first-order valence-corrected chi connectivity index (χ1v) is 10.6. The van der Waals surface area contributed by atoms with Crippen molar-refractivity contribution in [3.63, 3.8) is 0 Å². The van der Waals surface area contributed by atoms with Gasteiger partial charge in [0.1, 0.15) is 0 Å². The van der Waals surface area contributed by atoms with Crippen LogP contribution in [0.3, 0.4) is 0 Å². The number of hydrogen-bond acceptors (Lipinski definition) is 3. The molecule has 1 aromatic carbocycles. The van der Waals surface area contributed by atoms with E-state index in [-0.39, 0.29) is 23.2 Å². The van der Waals surface area contributed by atoms with Crippen LogP contribution in [0.1, 0.15) is 32.6 Å². The van der Waals surface area contributed by atoms with Crippen molar-refractivity contribution in [2.45, 2.75) is 44.0 Å². The Kier molecular flexibility index (Phi) is 5.15. The van der Waals surface area contributed by atoms with Gasteiger partial charge in [0.05, 0.1) is 0 Å². The third kappa shape index (κ3) is 3.22. The predicted molar refractivity (Wildman–Crippen MR) is 91.7 cm³/mol. The van der Waals surface area contributed by atoms with E-state index in [0.29, 0.717) is 20.9 Å². The van der Waals surface area contributed by atoms with Crippen LogP contribution in [0.15, 0.2) is 30.3 Å². The Labute approximate surface area is 145 Å². The van der Waals surface area contributed by atoms with Crippen molar-refractivity contribution >= 4 is 25.4 Å². The van der Waals surface area contributed by atoms with Gasteiger partial charge in [0.2, 0.25) is 0 Å². The van der Waals surface area contributed by atoms with Gasteiger partial charge in [-0.2, -0.15) is 0 Å². The second-order valence-corrected chi connectivity index (χ2v) is 9.46. The van der Waals surface area contributed by atoms with E-state index in [9.17, 15) is 9.90 Å². The van der Waals surface area contributed by atoms with Crippen LogP contribution in [0.5, 0.6) is 0 Å². The van der Waals surface area contributed by atoms with E-state index in [1.54, 1.807) is 0 Å². The van der Waals surface area contributed by atoms with E-state index in [0.717, 1.165) is 19.3 Å². The van der Waals surface area contributed by atoms with Crippen molar-refractivity contribution in [3.8, 4) is 0 Å². The SMILES string of the molecule is COC(=O)[C@@H]1[C@H](O)CC[C@@]2(C)[C@@H](C[Se]c3ccccc3)CC[C@@H]12. The van der Waals surface area contributed by atoms with Crippen molar-refractivity contribution in [2.24, 2.45) is 23.2 Å². The Bertz CT molecular complexity index is 547. The number of aliphatic hydroxyl groups excluding tert-OH is 1. The molecule has 5 atom stereocenters. The molecule has 1 N–H and O–H groups in total. The molecule has 0 amide bonds. The molecule has 2 aliphatic carbocycles. The van der Waals surface area contributed by atoms with Crippen LogP contribution in [0, 0.1) is 23.2 Å². The van der Waals surface area contributed by atoms with Crippen LogP contribution in [0.2, 0.25) is 5.32 Å². The molecule has 2 fully saturated rings. The average molecular weight is 381 g/mol. The van der Waals surface area contributed by atoms with Crippen LogP contribution in [0.25, 0.3) is 0 Å². The number of hydrogen-bond donors (Lipinski definition) is 1. The topological polar surface area (TPSA) is 46.5 Å². The van der Waals surface area contributed by atoms with Crippen molar-refractivity contribution in [1.29, 1.82) is 0 Å². The van der Waals surface area contributed by atoms with Crippen molar-refractivity contribution in [1.82, 2.24) is 0 Å². The number of fused-ring (bicyclic) bond motifs is 1. The second-order valence-electron chi connectivity index (χ2n) is 7.17. The summed E-state index contributed by atoms with van der Waals surface area (Å²) in [4.78, 5) is 12.2. The van der Waals surface area contributed by atoms with E-state index >= 15 is 0 Å². The Morgan fingerprint density at radius 2 is 2.04 bits per heavy atom. The first-order valence-electron chi connectivity index (χ1n) is 8.50. The summed E-state index contributed by atoms with van der Waals surface area (Å²) in [5.41, 5.74) is 0.175. The monoisotopic (exact) mass is 382 g/mol. The summed E-state index contributed by atoms with van der Waals surface area (Å²) < 4.78 is 6.43. The molecule has 0 radical (unpaired) electrons. The summed E-state index contributed by atoms with van der Waals surface area (Å²) in [6, 6.07) is 10.7. The minimum atomic E-state index is -0.529. The minimum absolute atomic E-state index is 0.175. The van der Waals surface area contributed by atoms with E-state index in [2.05, 4.69) is 37.3 Å². The van der Waals surface area contributed by atoms with Gasteiger partial charge in [0.25, 0.3) is 0 Å².